The van der Waals surface area contributed by atoms with Crippen molar-refractivity contribution in [3.63, 3.8) is 0 Å². The molecule has 4 amide bonds. The molecule has 13 nitrogen and oxygen atoms in total. The predicted molar refractivity (Wildman–Crippen MR) is 273 cm³/mol. The van der Waals surface area contributed by atoms with E-state index in [4.69, 9.17) is 4.98 Å². The van der Waals surface area contributed by atoms with Crippen LogP contribution in [0.4, 0.5) is 5.69 Å². The third-order valence-electron chi connectivity index (χ3n) is 15.5. The summed E-state index contributed by atoms with van der Waals surface area (Å²) in [7, 11) is 0. The van der Waals surface area contributed by atoms with Gasteiger partial charge in [0.1, 0.15) is 6.04 Å². The van der Waals surface area contributed by atoms with Gasteiger partial charge >= 0.3 is 0 Å². The molecule has 1 N–H and O–H groups in total. The van der Waals surface area contributed by atoms with Crippen molar-refractivity contribution in [1.29, 1.82) is 0 Å². The Bertz CT molecular complexity index is 3170. The van der Waals surface area contributed by atoms with E-state index in [-0.39, 0.29) is 30.0 Å². The minimum atomic E-state index is -0.593. The van der Waals surface area contributed by atoms with Crippen molar-refractivity contribution in [3.8, 4) is 23.2 Å². The van der Waals surface area contributed by atoms with E-state index in [1.54, 1.807) is 4.90 Å². The lowest BCUT2D eigenvalue weighted by molar-refractivity contribution is -0.136. The number of hydrogen-bond acceptors (Lipinski definition) is 10. The lowest BCUT2D eigenvalue weighted by Gasteiger charge is -2.61. The number of nitrogens with one attached hydrogen (secondary N) is 1. The molecule has 1 unspecified atom stereocenters. The van der Waals surface area contributed by atoms with Crippen LogP contribution < -0.4 is 10.2 Å². The van der Waals surface area contributed by atoms with Gasteiger partial charge in [-0.15, -0.1) is 0 Å². The molecule has 7 heterocycles. The normalized spacial score (nSPS) is 20.1. The molecule has 3 saturated heterocycles. The van der Waals surface area contributed by atoms with Crippen molar-refractivity contribution in [3.05, 3.63) is 154 Å². The summed E-state index contributed by atoms with van der Waals surface area (Å²) in [6.45, 7) is 9.63. The maximum Gasteiger partial charge on any atom is 0.255 e. The average molecular weight is 942 g/mol. The molecule has 71 heavy (non-hydrogen) atoms. The number of anilines is 1. The zero-order valence-electron chi connectivity index (χ0n) is 39.7. The van der Waals surface area contributed by atoms with E-state index in [0.29, 0.717) is 48.4 Å². The van der Waals surface area contributed by atoms with Crippen molar-refractivity contribution >= 4 is 52.4 Å². The Hall–Kier alpha value is -7.53. The van der Waals surface area contributed by atoms with Crippen LogP contribution in [0.3, 0.4) is 0 Å². The number of hydrogen-bond donors (Lipinski definition) is 1. The van der Waals surface area contributed by atoms with Gasteiger partial charge in [0, 0.05) is 122 Å². The molecule has 356 valence electrons. The van der Waals surface area contributed by atoms with Crippen LogP contribution in [0.15, 0.2) is 109 Å². The summed E-state index contributed by atoms with van der Waals surface area (Å²) in [5.41, 5.74) is 10.7. The van der Waals surface area contributed by atoms with E-state index >= 15 is 0 Å². The highest BCUT2D eigenvalue weighted by atomic mass is 16.2. The van der Waals surface area contributed by atoms with Crippen LogP contribution in [0, 0.1) is 23.2 Å². The van der Waals surface area contributed by atoms with E-state index in [1.807, 2.05) is 78.0 Å². The van der Waals surface area contributed by atoms with Crippen LogP contribution in [0.25, 0.3) is 34.4 Å². The number of carbonyl (C=O) groups excluding carboxylic acids is 4. The Morgan fingerprint density at radius 3 is 2.34 bits per heavy atom. The number of amides is 4. The van der Waals surface area contributed by atoms with Gasteiger partial charge in [-0.2, -0.15) is 0 Å². The molecule has 1 saturated carbocycles. The molecule has 0 radical (unpaired) electrons. The van der Waals surface area contributed by atoms with Crippen LogP contribution in [-0.4, -0.2) is 123 Å². The fourth-order valence-corrected chi connectivity index (χ4v) is 11.7. The van der Waals surface area contributed by atoms with Crippen LogP contribution >= 0.6 is 0 Å². The lowest BCUT2D eigenvalue weighted by Crippen LogP contribution is -2.64. The summed E-state index contributed by atoms with van der Waals surface area (Å²) in [5.74, 6) is 7.37. The molecule has 5 aliphatic heterocycles. The van der Waals surface area contributed by atoms with Crippen molar-refractivity contribution in [2.24, 2.45) is 11.3 Å². The Morgan fingerprint density at radius 1 is 0.789 bits per heavy atom. The van der Waals surface area contributed by atoms with Gasteiger partial charge in [0.25, 0.3) is 11.8 Å². The van der Waals surface area contributed by atoms with Gasteiger partial charge in [0.05, 0.1) is 24.3 Å². The van der Waals surface area contributed by atoms with Gasteiger partial charge in [-0.1, -0.05) is 72.5 Å². The Kier molecular flexibility index (Phi) is 11.7. The molecule has 6 aromatic rings. The highest BCUT2D eigenvalue weighted by Crippen LogP contribution is 2.54. The number of imide groups is 1. The predicted octanol–water partition coefficient (Wildman–Crippen LogP) is 6.71. The number of aromatic nitrogens is 3. The molecule has 4 fully saturated rings. The lowest BCUT2D eigenvalue weighted by atomic mass is 9.57. The van der Waals surface area contributed by atoms with Gasteiger partial charge in [-0.3, -0.25) is 34.4 Å². The molecule has 6 aliphatic rings. The SMILES string of the molecule is O=C1CCC(N2Cc3c(cccc3N3CC4(CC(CN5CCN(CC#Cc6ccc(/C=C/c7ccc(C(=O)N8CCc9cnc(-c%10cnc%11ccccc%11c%10)nc9C8)cc7)cc6)CC5)C4)C3)C2=O)C(=O)N1. The maximum atomic E-state index is 13.6. The quantitative estimate of drug-likeness (QED) is 0.0948. The van der Waals surface area contributed by atoms with E-state index in [9.17, 15) is 19.2 Å². The smallest absolute Gasteiger partial charge is 0.255 e. The third kappa shape index (κ3) is 9.10. The number of benzene rings is 4. The first-order chi connectivity index (χ1) is 34.7. The number of piperidine rings is 1. The highest BCUT2D eigenvalue weighted by molar-refractivity contribution is 6.06. The standard InChI is InChI=1S/C58H55N9O4/c68-53-21-20-52(55(69)62-53)67-35-48-47(57(67)71)7-3-9-51(48)66-37-58(38-66)30-42(31-58)34-64-27-25-63(26-28-64)23-4-5-39-10-12-40(13-11-39)14-15-41-16-18-43(19-17-41)56(70)65-24-22-45-32-60-54(61-50(45)36-65)46-29-44-6-1-2-8-49(44)59-33-46/h1-3,6-19,29,32-33,42,52H,20-28,30-31,34-38H2,(H,62,68,69)/b15-14+. The first kappa shape index (κ1) is 44.7. The van der Waals surface area contributed by atoms with Gasteiger partial charge in [-0.05, 0) is 96.8 Å². The van der Waals surface area contributed by atoms with Gasteiger partial charge < -0.3 is 19.6 Å². The molecular formula is C58H55N9O4. The second kappa shape index (κ2) is 18.7. The van der Waals surface area contributed by atoms with Crippen LogP contribution in [0.2, 0.25) is 0 Å². The fraction of sp³-hybridized carbons (Fsp3) is 0.328. The minimum Gasteiger partial charge on any atom is -0.370 e. The number of pyridine rings is 1. The first-order valence-corrected chi connectivity index (χ1v) is 25.0. The second-order valence-corrected chi connectivity index (χ2v) is 20.3. The monoisotopic (exact) mass is 941 g/mol. The molecule has 1 aliphatic carbocycles. The molecule has 13 heteroatoms. The fourth-order valence-electron chi connectivity index (χ4n) is 11.7. The Labute approximate surface area is 413 Å². The largest absolute Gasteiger partial charge is 0.370 e. The summed E-state index contributed by atoms with van der Waals surface area (Å²) in [6.07, 6.45) is 11.7. The zero-order chi connectivity index (χ0) is 48.1. The van der Waals surface area contributed by atoms with E-state index < -0.39 is 6.04 Å². The molecule has 0 bridgehead atoms. The van der Waals surface area contributed by atoms with Crippen molar-refractivity contribution in [2.45, 2.75) is 51.2 Å². The summed E-state index contributed by atoms with van der Waals surface area (Å²) < 4.78 is 0. The van der Waals surface area contributed by atoms with E-state index in [0.717, 1.165) is 120 Å². The minimum absolute atomic E-state index is 0.00252. The molecule has 1 spiro atoms. The van der Waals surface area contributed by atoms with Crippen molar-refractivity contribution in [1.82, 2.24) is 39.9 Å². The Morgan fingerprint density at radius 2 is 1.55 bits per heavy atom. The van der Waals surface area contributed by atoms with Crippen LogP contribution in [-0.2, 0) is 29.1 Å². The zero-order valence-corrected chi connectivity index (χ0v) is 39.7. The number of carbonyl (C=O) groups is 4. The average Bonchev–Trinajstić information content (AvgIpc) is 3.72. The number of fused-ring (bicyclic) bond motifs is 3. The number of piperazine rings is 1. The summed E-state index contributed by atoms with van der Waals surface area (Å²) >= 11 is 0. The third-order valence-corrected chi connectivity index (χ3v) is 15.5. The van der Waals surface area contributed by atoms with Crippen molar-refractivity contribution in [2.75, 3.05) is 63.8 Å². The van der Waals surface area contributed by atoms with Gasteiger partial charge in [0.2, 0.25) is 11.8 Å². The first-order valence-electron chi connectivity index (χ1n) is 25.0. The second-order valence-electron chi connectivity index (χ2n) is 20.3. The highest BCUT2D eigenvalue weighted by Gasteiger charge is 2.53. The molecule has 12 rings (SSSR count). The molecular weight excluding hydrogens is 887 g/mol. The number of nitrogens with zero attached hydrogens (tertiary/aromatic N) is 8. The van der Waals surface area contributed by atoms with Gasteiger partial charge in [-0.25, -0.2) is 9.97 Å². The maximum absolute atomic E-state index is 13.6. The van der Waals surface area contributed by atoms with Crippen LogP contribution in [0.5, 0.6) is 0 Å². The summed E-state index contributed by atoms with van der Waals surface area (Å²) in [6, 6.07) is 31.5. The Balaban J connectivity index is 0.565. The van der Waals surface area contributed by atoms with E-state index in [1.165, 1.54) is 12.8 Å². The number of para-hydroxylation sites is 1. The summed E-state index contributed by atoms with van der Waals surface area (Å²) in [4.78, 5) is 76.4. The summed E-state index contributed by atoms with van der Waals surface area (Å²) in [5, 5.41) is 3.44. The van der Waals surface area contributed by atoms with Crippen LogP contribution in [0.1, 0.15) is 79.9 Å². The molecule has 2 aromatic heterocycles. The topological polar surface area (TPSA) is 135 Å². The number of rotatable bonds is 9. The van der Waals surface area contributed by atoms with Crippen molar-refractivity contribution < 1.29 is 19.2 Å². The van der Waals surface area contributed by atoms with E-state index in [2.05, 4.69) is 90.4 Å². The molecule has 1 atom stereocenters. The molecule has 4 aromatic carbocycles. The van der Waals surface area contributed by atoms with Gasteiger partial charge in [0.15, 0.2) is 5.82 Å².